The fraction of sp³-hybridized carbons (Fsp3) is 0.0909. The van der Waals surface area contributed by atoms with Gasteiger partial charge in [-0.25, -0.2) is 0 Å². The lowest BCUT2D eigenvalue weighted by Crippen LogP contribution is -2.22. The van der Waals surface area contributed by atoms with E-state index in [2.05, 4.69) is 10.6 Å². The van der Waals surface area contributed by atoms with Crippen molar-refractivity contribution in [3.63, 3.8) is 0 Å². The number of nitrogens with zero attached hydrogens (tertiary/aromatic N) is 1. The predicted molar refractivity (Wildman–Crippen MR) is 123 cm³/mol. The van der Waals surface area contributed by atoms with Crippen LogP contribution in [0.5, 0.6) is 0 Å². The van der Waals surface area contributed by atoms with Crippen molar-refractivity contribution in [3.8, 4) is 0 Å². The Labute approximate surface area is 188 Å². The van der Waals surface area contributed by atoms with Crippen LogP contribution in [0.4, 0.5) is 17.1 Å². The van der Waals surface area contributed by atoms with E-state index in [0.717, 1.165) is 4.90 Å². The van der Waals surface area contributed by atoms with Crippen LogP contribution in [0.1, 0.15) is 17.3 Å². The Kier molecular flexibility index (Phi) is 7.28. The van der Waals surface area contributed by atoms with Crippen LogP contribution in [-0.4, -0.2) is 22.0 Å². The number of benzene rings is 3. The molecule has 0 aromatic heterocycles. The first-order chi connectivity index (χ1) is 14.8. The molecule has 7 nitrogen and oxygen atoms in total. The highest BCUT2D eigenvalue weighted by Gasteiger charge is 2.16. The lowest BCUT2D eigenvalue weighted by Gasteiger charge is -2.13. The lowest BCUT2D eigenvalue weighted by molar-refractivity contribution is -0.384. The maximum atomic E-state index is 12.4. The van der Waals surface area contributed by atoms with Gasteiger partial charge in [0.05, 0.1) is 20.9 Å². The standard InChI is InChI=1S/C22H18ClN3O4S/c1-14(21(27)25-20-8-3-2-7-19(20)23)31-18-11-9-16(10-12-18)24-22(28)15-5-4-6-17(13-15)26(29)30/h2-14H,1H3,(H,24,28)(H,25,27). The lowest BCUT2D eigenvalue weighted by atomic mass is 10.2. The number of hydrogen-bond acceptors (Lipinski definition) is 5. The molecule has 2 amide bonds. The Morgan fingerprint density at radius 3 is 2.39 bits per heavy atom. The molecular formula is C22H18ClN3O4S. The molecule has 1 atom stereocenters. The van der Waals surface area contributed by atoms with E-state index >= 15 is 0 Å². The van der Waals surface area contributed by atoms with Crippen LogP contribution >= 0.6 is 23.4 Å². The van der Waals surface area contributed by atoms with Crippen molar-refractivity contribution in [2.24, 2.45) is 0 Å². The van der Waals surface area contributed by atoms with Crippen LogP contribution in [0.25, 0.3) is 0 Å². The van der Waals surface area contributed by atoms with E-state index in [-0.39, 0.29) is 22.4 Å². The minimum Gasteiger partial charge on any atom is -0.324 e. The van der Waals surface area contributed by atoms with Crippen molar-refractivity contribution in [1.82, 2.24) is 0 Å². The number of carbonyl (C=O) groups excluding carboxylic acids is 2. The first-order valence-corrected chi connectivity index (χ1v) is 10.5. The highest BCUT2D eigenvalue weighted by atomic mass is 35.5. The zero-order chi connectivity index (χ0) is 22.4. The van der Waals surface area contributed by atoms with Gasteiger partial charge in [-0.3, -0.25) is 19.7 Å². The van der Waals surface area contributed by atoms with Gasteiger partial charge in [-0.05, 0) is 49.4 Å². The van der Waals surface area contributed by atoms with Crippen LogP contribution in [-0.2, 0) is 4.79 Å². The van der Waals surface area contributed by atoms with E-state index < -0.39 is 10.8 Å². The molecule has 0 spiro atoms. The van der Waals surface area contributed by atoms with Gasteiger partial charge in [0.25, 0.3) is 11.6 Å². The molecule has 3 rings (SSSR count). The average molecular weight is 456 g/mol. The Balaban J connectivity index is 1.59. The molecule has 0 aliphatic carbocycles. The maximum absolute atomic E-state index is 12.4. The molecule has 0 aliphatic heterocycles. The van der Waals surface area contributed by atoms with Gasteiger partial charge in [0.15, 0.2) is 0 Å². The number of nitro benzene ring substituents is 1. The third-order valence-corrected chi connectivity index (χ3v) is 5.69. The highest BCUT2D eigenvalue weighted by Crippen LogP contribution is 2.27. The van der Waals surface area contributed by atoms with Gasteiger partial charge in [0.2, 0.25) is 5.91 Å². The van der Waals surface area contributed by atoms with E-state index in [1.54, 1.807) is 55.5 Å². The van der Waals surface area contributed by atoms with Crippen LogP contribution in [0.15, 0.2) is 77.7 Å². The molecule has 1 unspecified atom stereocenters. The topological polar surface area (TPSA) is 101 Å². The Bertz CT molecular complexity index is 1120. The quantitative estimate of drug-likeness (QED) is 0.273. The number of thioether (sulfide) groups is 1. The molecular weight excluding hydrogens is 438 g/mol. The normalized spacial score (nSPS) is 11.4. The molecule has 0 heterocycles. The van der Waals surface area contributed by atoms with E-state index in [9.17, 15) is 19.7 Å². The Hall–Kier alpha value is -3.36. The minimum atomic E-state index is -0.550. The second-order valence-electron chi connectivity index (χ2n) is 6.52. The molecule has 0 saturated carbocycles. The fourth-order valence-electron chi connectivity index (χ4n) is 2.64. The van der Waals surface area contributed by atoms with Crippen molar-refractivity contribution < 1.29 is 14.5 Å². The van der Waals surface area contributed by atoms with Crippen LogP contribution < -0.4 is 10.6 Å². The van der Waals surface area contributed by atoms with Crippen LogP contribution in [0.2, 0.25) is 5.02 Å². The number of amides is 2. The largest absolute Gasteiger partial charge is 0.324 e. The van der Waals surface area contributed by atoms with Gasteiger partial charge in [0.1, 0.15) is 0 Å². The van der Waals surface area contributed by atoms with Crippen molar-refractivity contribution in [2.45, 2.75) is 17.1 Å². The van der Waals surface area contributed by atoms with Gasteiger partial charge in [-0.1, -0.05) is 29.8 Å². The summed E-state index contributed by atoms with van der Waals surface area (Å²) < 4.78 is 0. The van der Waals surface area contributed by atoms with Crippen molar-refractivity contribution in [1.29, 1.82) is 0 Å². The number of rotatable bonds is 7. The molecule has 0 bridgehead atoms. The average Bonchev–Trinajstić information content (AvgIpc) is 2.76. The second kappa shape index (κ2) is 10.1. The summed E-state index contributed by atoms with van der Waals surface area (Å²) in [5.41, 5.74) is 1.14. The van der Waals surface area contributed by atoms with Gasteiger partial charge in [0, 0.05) is 28.3 Å². The monoisotopic (exact) mass is 455 g/mol. The van der Waals surface area contributed by atoms with E-state index in [1.165, 1.54) is 36.0 Å². The van der Waals surface area contributed by atoms with Crippen molar-refractivity contribution in [2.75, 3.05) is 10.6 Å². The molecule has 0 fully saturated rings. The molecule has 31 heavy (non-hydrogen) atoms. The number of halogens is 1. The minimum absolute atomic E-state index is 0.150. The summed E-state index contributed by atoms with van der Waals surface area (Å²) in [5.74, 6) is -0.627. The zero-order valence-electron chi connectivity index (χ0n) is 16.4. The molecule has 158 valence electrons. The van der Waals surface area contributed by atoms with E-state index in [0.29, 0.717) is 16.4 Å². The highest BCUT2D eigenvalue weighted by molar-refractivity contribution is 8.00. The molecule has 0 aliphatic rings. The molecule has 0 radical (unpaired) electrons. The third-order valence-electron chi connectivity index (χ3n) is 4.25. The first-order valence-electron chi connectivity index (χ1n) is 9.21. The summed E-state index contributed by atoms with van der Waals surface area (Å²) in [6, 6.07) is 19.5. The maximum Gasteiger partial charge on any atom is 0.270 e. The number of carbonyl (C=O) groups is 2. The molecule has 3 aromatic rings. The SMILES string of the molecule is CC(Sc1ccc(NC(=O)c2cccc([N+](=O)[O-])c2)cc1)C(=O)Nc1ccccc1Cl. The summed E-state index contributed by atoms with van der Waals surface area (Å²) in [7, 11) is 0. The van der Waals surface area contributed by atoms with E-state index in [1.807, 2.05) is 0 Å². The van der Waals surface area contributed by atoms with Crippen molar-refractivity contribution >= 4 is 52.2 Å². The Morgan fingerprint density at radius 2 is 1.71 bits per heavy atom. The van der Waals surface area contributed by atoms with E-state index in [4.69, 9.17) is 11.6 Å². The Morgan fingerprint density at radius 1 is 1.00 bits per heavy atom. The van der Waals surface area contributed by atoms with Gasteiger partial charge in [-0.15, -0.1) is 11.8 Å². The predicted octanol–water partition coefficient (Wildman–Crippen LogP) is 5.62. The number of nitro groups is 1. The first kappa shape index (κ1) is 22.3. The van der Waals surface area contributed by atoms with Crippen LogP contribution in [0, 0.1) is 10.1 Å². The molecule has 9 heteroatoms. The summed E-state index contributed by atoms with van der Waals surface area (Å²) in [4.78, 5) is 35.9. The third kappa shape index (κ3) is 6.07. The summed E-state index contributed by atoms with van der Waals surface area (Å²) in [6.45, 7) is 1.79. The van der Waals surface area contributed by atoms with Crippen LogP contribution in [0.3, 0.4) is 0 Å². The second-order valence-corrected chi connectivity index (χ2v) is 8.34. The summed E-state index contributed by atoms with van der Waals surface area (Å²) in [5, 5.41) is 16.5. The summed E-state index contributed by atoms with van der Waals surface area (Å²) >= 11 is 7.43. The molecule has 0 saturated heterocycles. The van der Waals surface area contributed by atoms with Gasteiger partial charge >= 0.3 is 0 Å². The number of hydrogen-bond donors (Lipinski definition) is 2. The number of nitrogens with one attached hydrogen (secondary N) is 2. The number of non-ortho nitro benzene ring substituents is 1. The van der Waals surface area contributed by atoms with Gasteiger partial charge in [-0.2, -0.15) is 0 Å². The van der Waals surface area contributed by atoms with Crippen molar-refractivity contribution in [3.05, 3.63) is 93.5 Å². The number of para-hydroxylation sites is 1. The molecule has 3 aromatic carbocycles. The molecule has 2 N–H and O–H groups in total. The smallest absolute Gasteiger partial charge is 0.270 e. The summed E-state index contributed by atoms with van der Waals surface area (Å²) in [6.07, 6.45) is 0. The zero-order valence-corrected chi connectivity index (χ0v) is 17.9. The number of anilines is 2. The fourth-order valence-corrected chi connectivity index (χ4v) is 3.69. The van der Waals surface area contributed by atoms with Gasteiger partial charge < -0.3 is 10.6 Å².